The lowest BCUT2D eigenvalue weighted by Gasteiger charge is -2.30. The minimum Gasteiger partial charge on any atom is -0.388 e. The van der Waals surface area contributed by atoms with Gasteiger partial charge in [0.1, 0.15) is 5.82 Å². The van der Waals surface area contributed by atoms with Crippen LogP contribution in [-0.2, 0) is 6.42 Å². The van der Waals surface area contributed by atoms with E-state index in [1.54, 1.807) is 6.20 Å². The molecule has 0 aliphatic carbocycles. The molecule has 1 aromatic heterocycles. The predicted molar refractivity (Wildman–Crippen MR) is 81.3 cm³/mol. The summed E-state index contributed by atoms with van der Waals surface area (Å²) in [7, 11) is 0. The molecule has 0 bridgehead atoms. The number of aliphatic hydroxyl groups excluding tert-OH is 1. The predicted octanol–water partition coefficient (Wildman–Crippen LogP) is 3.61. The fourth-order valence-corrected chi connectivity index (χ4v) is 2.76. The fraction of sp³-hybridized carbons (Fsp3) is 0.353. The van der Waals surface area contributed by atoms with Gasteiger partial charge < -0.3 is 10.0 Å². The van der Waals surface area contributed by atoms with Gasteiger partial charge in [-0.3, -0.25) is 0 Å². The SMILES string of the molecule is CC[C@H](O)c1ccc(N2CCCc3ccccc32)nc1. The number of para-hydroxylation sites is 1. The van der Waals surface area contributed by atoms with Crippen LogP contribution < -0.4 is 4.90 Å². The molecule has 1 aliphatic heterocycles. The van der Waals surface area contributed by atoms with Crippen LogP contribution in [0.4, 0.5) is 11.5 Å². The first-order valence-corrected chi connectivity index (χ1v) is 7.29. The topological polar surface area (TPSA) is 36.4 Å². The number of pyridine rings is 1. The Labute approximate surface area is 119 Å². The Morgan fingerprint density at radius 2 is 2.10 bits per heavy atom. The van der Waals surface area contributed by atoms with E-state index in [2.05, 4.69) is 34.1 Å². The number of aliphatic hydroxyl groups is 1. The molecular weight excluding hydrogens is 248 g/mol. The third-order valence-electron chi connectivity index (χ3n) is 3.93. The Hall–Kier alpha value is -1.87. The second kappa shape index (κ2) is 5.63. The maximum absolute atomic E-state index is 9.83. The monoisotopic (exact) mass is 268 g/mol. The van der Waals surface area contributed by atoms with Gasteiger partial charge in [0.05, 0.1) is 6.10 Å². The van der Waals surface area contributed by atoms with Crippen molar-refractivity contribution in [1.82, 2.24) is 4.98 Å². The summed E-state index contributed by atoms with van der Waals surface area (Å²) < 4.78 is 0. The van der Waals surface area contributed by atoms with Crippen LogP contribution in [0.1, 0.15) is 37.0 Å². The van der Waals surface area contributed by atoms with Crippen molar-refractivity contribution in [3.05, 3.63) is 53.7 Å². The van der Waals surface area contributed by atoms with Crippen LogP contribution in [0.15, 0.2) is 42.6 Å². The molecule has 0 saturated heterocycles. The highest BCUT2D eigenvalue weighted by Gasteiger charge is 2.18. The van der Waals surface area contributed by atoms with Crippen LogP contribution in [0.25, 0.3) is 0 Å². The first kappa shape index (κ1) is 13.1. The molecule has 1 aliphatic rings. The molecule has 20 heavy (non-hydrogen) atoms. The lowest BCUT2D eigenvalue weighted by atomic mass is 10.0. The van der Waals surface area contributed by atoms with Crippen molar-refractivity contribution in [3.63, 3.8) is 0 Å². The van der Waals surface area contributed by atoms with Crippen molar-refractivity contribution in [2.75, 3.05) is 11.4 Å². The molecular formula is C17H20N2O. The zero-order valence-corrected chi connectivity index (χ0v) is 11.8. The van der Waals surface area contributed by atoms with Crippen LogP contribution in [0, 0.1) is 0 Å². The number of anilines is 2. The van der Waals surface area contributed by atoms with Gasteiger partial charge in [0.2, 0.25) is 0 Å². The number of nitrogens with zero attached hydrogens (tertiary/aromatic N) is 2. The standard InChI is InChI=1S/C17H20N2O/c1-2-16(20)14-9-10-17(18-12-14)19-11-5-7-13-6-3-4-8-15(13)19/h3-4,6,8-10,12,16,20H,2,5,7,11H2,1H3/t16-/m0/s1. The third kappa shape index (κ3) is 2.41. The minimum atomic E-state index is -0.412. The minimum absolute atomic E-state index is 0.412. The van der Waals surface area contributed by atoms with Crippen molar-refractivity contribution in [2.45, 2.75) is 32.3 Å². The third-order valence-corrected chi connectivity index (χ3v) is 3.93. The smallest absolute Gasteiger partial charge is 0.132 e. The molecule has 0 fully saturated rings. The van der Waals surface area contributed by atoms with E-state index in [9.17, 15) is 5.11 Å². The summed E-state index contributed by atoms with van der Waals surface area (Å²) in [5.41, 5.74) is 3.54. The molecule has 0 spiro atoms. The van der Waals surface area contributed by atoms with E-state index >= 15 is 0 Å². The molecule has 0 amide bonds. The van der Waals surface area contributed by atoms with E-state index in [0.29, 0.717) is 6.42 Å². The van der Waals surface area contributed by atoms with Gasteiger partial charge in [-0.1, -0.05) is 31.2 Å². The highest BCUT2D eigenvalue weighted by molar-refractivity contribution is 5.65. The van der Waals surface area contributed by atoms with Crippen molar-refractivity contribution in [2.24, 2.45) is 0 Å². The summed E-state index contributed by atoms with van der Waals surface area (Å²) in [6, 6.07) is 12.5. The van der Waals surface area contributed by atoms with Gasteiger partial charge in [-0.2, -0.15) is 0 Å². The molecule has 3 heteroatoms. The number of rotatable bonds is 3. The quantitative estimate of drug-likeness (QED) is 0.923. The fourth-order valence-electron chi connectivity index (χ4n) is 2.76. The number of hydrogen-bond donors (Lipinski definition) is 1. The lowest BCUT2D eigenvalue weighted by Crippen LogP contribution is -2.25. The molecule has 0 saturated carbocycles. The Morgan fingerprint density at radius 1 is 1.25 bits per heavy atom. The number of aromatic nitrogens is 1. The zero-order chi connectivity index (χ0) is 13.9. The highest BCUT2D eigenvalue weighted by atomic mass is 16.3. The van der Waals surface area contributed by atoms with Crippen molar-refractivity contribution < 1.29 is 5.11 Å². The molecule has 2 heterocycles. The van der Waals surface area contributed by atoms with Gasteiger partial charge in [0, 0.05) is 18.4 Å². The Bertz CT molecular complexity index is 580. The number of aryl methyl sites for hydroxylation is 1. The first-order chi connectivity index (χ1) is 9.79. The first-order valence-electron chi connectivity index (χ1n) is 7.29. The Kier molecular flexibility index (Phi) is 3.70. The second-order valence-corrected chi connectivity index (χ2v) is 5.26. The van der Waals surface area contributed by atoms with Crippen LogP contribution in [0.3, 0.4) is 0 Å². The van der Waals surface area contributed by atoms with E-state index in [1.165, 1.54) is 11.3 Å². The number of hydrogen-bond acceptors (Lipinski definition) is 3. The van der Waals surface area contributed by atoms with E-state index < -0.39 is 6.10 Å². The summed E-state index contributed by atoms with van der Waals surface area (Å²) in [5.74, 6) is 0.962. The Balaban J connectivity index is 1.91. The number of fused-ring (bicyclic) bond motifs is 1. The molecule has 3 nitrogen and oxygen atoms in total. The van der Waals surface area contributed by atoms with Gasteiger partial charge in [-0.05, 0) is 42.5 Å². The van der Waals surface area contributed by atoms with Gasteiger partial charge in [0.25, 0.3) is 0 Å². The summed E-state index contributed by atoms with van der Waals surface area (Å²) in [6.45, 7) is 2.97. The van der Waals surface area contributed by atoms with Crippen molar-refractivity contribution in [1.29, 1.82) is 0 Å². The number of benzene rings is 1. The molecule has 1 aromatic carbocycles. The van der Waals surface area contributed by atoms with Crippen molar-refractivity contribution >= 4 is 11.5 Å². The van der Waals surface area contributed by atoms with E-state index in [4.69, 9.17) is 0 Å². The highest BCUT2D eigenvalue weighted by Crippen LogP contribution is 2.32. The molecule has 3 rings (SSSR count). The summed E-state index contributed by atoms with van der Waals surface area (Å²) >= 11 is 0. The van der Waals surface area contributed by atoms with Gasteiger partial charge in [-0.15, -0.1) is 0 Å². The maximum atomic E-state index is 9.83. The van der Waals surface area contributed by atoms with Gasteiger partial charge >= 0.3 is 0 Å². The van der Waals surface area contributed by atoms with Crippen LogP contribution in [0.2, 0.25) is 0 Å². The van der Waals surface area contributed by atoms with Gasteiger partial charge in [-0.25, -0.2) is 4.98 Å². The Morgan fingerprint density at radius 3 is 2.85 bits per heavy atom. The zero-order valence-electron chi connectivity index (χ0n) is 11.8. The van der Waals surface area contributed by atoms with Crippen molar-refractivity contribution in [3.8, 4) is 0 Å². The second-order valence-electron chi connectivity index (χ2n) is 5.26. The normalized spacial score (nSPS) is 15.8. The van der Waals surface area contributed by atoms with Crippen LogP contribution in [-0.4, -0.2) is 16.6 Å². The summed E-state index contributed by atoms with van der Waals surface area (Å²) in [5, 5.41) is 9.83. The lowest BCUT2D eigenvalue weighted by molar-refractivity contribution is 0.173. The largest absolute Gasteiger partial charge is 0.388 e. The van der Waals surface area contributed by atoms with E-state index in [-0.39, 0.29) is 0 Å². The van der Waals surface area contributed by atoms with Crippen LogP contribution >= 0.6 is 0 Å². The molecule has 2 aromatic rings. The van der Waals surface area contributed by atoms with E-state index in [1.807, 2.05) is 19.1 Å². The molecule has 104 valence electrons. The molecule has 0 unspecified atom stereocenters. The maximum Gasteiger partial charge on any atom is 0.132 e. The average Bonchev–Trinajstić information content (AvgIpc) is 2.54. The molecule has 0 radical (unpaired) electrons. The summed E-state index contributed by atoms with van der Waals surface area (Å²) in [6.07, 6.45) is 4.39. The van der Waals surface area contributed by atoms with Crippen LogP contribution in [0.5, 0.6) is 0 Å². The van der Waals surface area contributed by atoms with Gasteiger partial charge in [0.15, 0.2) is 0 Å². The summed E-state index contributed by atoms with van der Waals surface area (Å²) in [4.78, 5) is 6.80. The van der Waals surface area contributed by atoms with E-state index in [0.717, 1.165) is 30.8 Å². The average molecular weight is 268 g/mol. The molecule has 1 atom stereocenters. The molecule has 1 N–H and O–H groups in total.